The van der Waals surface area contributed by atoms with Gasteiger partial charge in [-0.15, -0.1) is 0 Å². The van der Waals surface area contributed by atoms with Crippen molar-refractivity contribution in [3.63, 3.8) is 0 Å². The second-order valence-corrected chi connectivity index (χ2v) is 5.75. The van der Waals surface area contributed by atoms with Gasteiger partial charge in [0.2, 0.25) is 5.75 Å². The van der Waals surface area contributed by atoms with Crippen LogP contribution in [0.1, 0.15) is 31.2 Å². The molecule has 0 bridgehead atoms. The summed E-state index contributed by atoms with van der Waals surface area (Å²) < 4.78 is 6.38. The third-order valence-electron chi connectivity index (χ3n) is 3.35. The number of hydrogen-bond acceptors (Lipinski definition) is 4. The number of nitro benzene ring substituents is 1. The molecular weight excluding hydrogens is 314 g/mol. The Morgan fingerprint density at radius 3 is 2.74 bits per heavy atom. The number of benzene rings is 1. The Kier molecular flexibility index (Phi) is 4.42. The summed E-state index contributed by atoms with van der Waals surface area (Å²) in [5.74, 6) is 0.263. The van der Waals surface area contributed by atoms with E-state index in [4.69, 9.17) is 4.74 Å². The third kappa shape index (κ3) is 3.25. The lowest BCUT2D eigenvalue weighted by Gasteiger charge is -2.28. The van der Waals surface area contributed by atoms with Crippen molar-refractivity contribution in [2.45, 2.75) is 44.8 Å². The van der Waals surface area contributed by atoms with Crippen molar-refractivity contribution < 1.29 is 14.8 Å². The van der Waals surface area contributed by atoms with E-state index in [0.717, 1.165) is 19.3 Å². The molecule has 1 aromatic rings. The van der Waals surface area contributed by atoms with Crippen molar-refractivity contribution >= 4 is 21.6 Å². The first-order valence-electron chi connectivity index (χ1n) is 6.28. The molecule has 0 radical (unpaired) electrons. The highest BCUT2D eigenvalue weighted by molar-refractivity contribution is 9.10. The van der Waals surface area contributed by atoms with Crippen molar-refractivity contribution in [2.24, 2.45) is 0 Å². The maximum atomic E-state index is 11.1. The van der Waals surface area contributed by atoms with Gasteiger partial charge in [0.15, 0.2) is 0 Å². The molecule has 0 aromatic heterocycles. The Bertz CT molecular complexity index is 492. The van der Waals surface area contributed by atoms with Gasteiger partial charge in [-0.3, -0.25) is 10.1 Å². The van der Waals surface area contributed by atoms with Crippen LogP contribution in [0.5, 0.6) is 5.75 Å². The molecular formula is C13H16BrNO4. The van der Waals surface area contributed by atoms with Crippen LogP contribution in [0.15, 0.2) is 16.6 Å². The van der Waals surface area contributed by atoms with E-state index in [9.17, 15) is 15.2 Å². The summed E-state index contributed by atoms with van der Waals surface area (Å²) in [7, 11) is 0. The van der Waals surface area contributed by atoms with Crippen LogP contribution < -0.4 is 4.74 Å². The maximum absolute atomic E-state index is 11.1. The lowest BCUT2D eigenvalue weighted by Crippen LogP contribution is -2.35. The highest BCUT2D eigenvalue weighted by atomic mass is 79.9. The molecule has 104 valence electrons. The summed E-state index contributed by atoms with van der Waals surface area (Å²) in [5, 5.41) is 21.0. The first-order valence-corrected chi connectivity index (χ1v) is 7.07. The van der Waals surface area contributed by atoms with Gasteiger partial charge in [-0.2, -0.15) is 0 Å². The van der Waals surface area contributed by atoms with Gasteiger partial charge < -0.3 is 9.84 Å². The average molecular weight is 330 g/mol. The first-order chi connectivity index (χ1) is 8.99. The summed E-state index contributed by atoms with van der Waals surface area (Å²) in [6.45, 7) is 1.77. The van der Waals surface area contributed by atoms with Gasteiger partial charge in [0.25, 0.3) is 0 Å². The first kappa shape index (κ1) is 14.3. The van der Waals surface area contributed by atoms with Crippen LogP contribution in [0.4, 0.5) is 5.69 Å². The minimum Gasteiger partial charge on any atom is -0.481 e. The molecule has 0 unspecified atom stereocenters. The Hall–Kier alpha value is -1.14. The maximum Gasteiger partial charge on any atom is 0.312 e. The number of halogens is 1. The van der Waals surface area contributed by atoms with Crippen molar-refractivity contribution in [3.8, 4) is 5.75 Å². The van der Waals surface area contributed by atoms with Crippen LogP contribution in [-0.4, -0.2) is 22.2 Å². The summed E-state index contributed by atoms with van der Waals surface area (Å²) in [6.07, 6.45) is 2.47. The lowest BCUT2D eigenvalue weighted by atomic mass is 9.94. The van der Waals surface area contributed by atoms with Crippen LogP contribution >= 0.6 is 15.9 Å². The predicted octanol–water partition coefficient (Wildman–Crippen LogP) is 3.35. The number of aliphatic hydroxyl groups is 1. The number of nitro groups is 1. The smallest absolute Gasteiger partial charge is 0.312 e. The second-order valence-electron chi connectivity index (χ2n) is 4.84. The van der Waals surface area contributed by atoms with Gasteiger partial charge in [0, 0.05) is 10.5 Å². The normalized spacial score (nSPS) is 23.1. The molecule has 2 atom stereocenters. The van der Waals surface area contributed by atoms with E-state index < -0.39 is 11.0 Å². The molecule has 1 N–H and O–H groups in total. The van der Waals surface area contributed by atoms with Crippen LogP contribution in [0.25, 0.3) is 0 Å². The topological polar surface area (TPSA) is 72.6 Å². The quantitative estimate of drug-likeness (QED) is 0.681. The fraction of sp³-hybridized carbons (Fsp3) is 0.538. The Morgan fingerprint density at radius 2 is 2.11 bits per heavy atom. The molecule has 0 saturated heterocycles. The molecule has 1 fully saturated rings. The van der Waals surface area contributed by atoms with Crippen LogP contribution in [0, 0.1) is 17.0 Å². The molecule has 1 saturated carbocycles. The van der Waals surface area contributed by atoms with E-state index in [2.05, 4.69) is 15.9 Å². The molecule has 2 rings (SSSR count). The molecule has 1 aliphatic rings. The number of rotatable bonds is 3. The molecule has 5 nitrogen and oxygen atoms in total. The van der Waals surface area contributed by atoms with Crippen LogP contribution in [-0.2, 0) is 0 Å². The van der Waals surface area contributed by atoms with Crippen LogP contribution in [0.2, 0.25) is 0 Å². The zero-order valence-corrected chi connectivity index (χ0v) is 12.2. The summed E-state index contributed by atoms with van der Waals surface area (Å²) in [6, 6.07) is 3.20. The molecule has 1 aliphatic carbocycles. The highest BCUT2D eigenvalue weighted by Gasteiger charge is 2.28. The Balaban J connectivity index is 2.30. The lowest BCUT2D eigenvalue weighted by molar-refractivity contribution is -0.386. The minimum atomic E-state index is -0.545. The molecule has 0 heterocycles. The average Bonchev–Trinajstić information content (AvgIpc) is 2.34. The highest BCUT2D eigenvalue weighted by Crippen LogP contribution is 2.36. The monoisotopic (exact) mass is 329 g/mol. The SMILES string of the molecule is Cc1cc(Br)cc([N+](=O)[O-])c1O[C@@H]1CCCC[C@H]1O. The van der Waals surface area contributed by atoms with Gasteiger partial charge in [0.1, 0.15) is 6.10 Å². The van der Waals surface area contributed by atoms with E-state index in [1.54, 1.807) is 13.0 Å². The molecule has 0 aliphatic heterocycles. The number of nitrogens with zero attached hydrogens (tertiary/aromatic N) is 1. The second kappa shape index (κ2) is 5.88. The van der Waals surface area contributed by atoms with Gasteiger partial charge in [-0.25, -0.2) is 0 Å². The molecule has 0 amide bonds. The summed E-state index contributed by atoms with van der Waals surface area (Å²) in [4.78, 5) is 10.6. The number of aryl methyl sites for hydroxylation is 1. The van der Waals surface area contributed by atoms with Gasteiger partial charge >= 0.3 is 5.69 Å². The summed E-state index contributed by atoms with van der Waals surface area (Å²) >= 11 is 3.24. The van der Waals surface area contributed by atoms with E-state index in [1.165, 1.54) is 6.07 Å². The molecule has 19 heavy (non-hydrogen) atoms. The van der Waals surface area contributed by atoms with Gasteiger partial charge in [-0.1, -0.05) is 22.4 Å². The number of ether oxygens (including phenoxy) is 1. The van der Waals surface area contributed by atoms with E-state index in [-0.39, 0.29) is 17.5 Å². The van der Waals surface area contributed by atoms with Crippen molar-refractivity contribution in [1.29, 1.82) is 0 Å². The largest absolute Gasteiger partial charge is 0.481 e. The zero-order chi connectivity index (χ0) is 14.0. The summed E-state index contributed by atoms with van der Waals surface area (Å²) in [5.41, 5.74) is 0.628. The van der Waals surface area contributed by atoms with Gasteiger partial charge in [-0.05, 0) is 37.8 Å². The zero-order valence-electron chi connectivity index (χ0n) is 10.6. The van der Waals surface area contributed by atoms with Crippen molar-refractivity contribution in [1.82, 2.24) is 0 Å². The molecule has 1 aromatic carbocycles. The Morgan fingerprint density at radius 1 is 1.42 bits per heavy atom. The van der Waals surface area contributed by atoms with E-state index in [0.29, 0.717) is 16.5 Å². The predicted molar refractivity (Wildman–Crippen MR) is 74.4 cm³/mol. The number of aliphatic hydroxyl groups excluding tert-OH is 1. The van der Waals surface area contributed by atoms with Crippen molar-refractivity contribution in [2.75, 3.05) is 0 Å². The van der Waals surface area contributed by atoms with Crippen LogP contribution in [0.3, 0.4) is 0 Å². The van der Waals surface area contributed by atoms with E-state index in [1.807, 2.05) is 0 Å². The van der Waals surface area contributed by atoms with Gasteiger partial charge in [0.05, 0.1) is 11.0 Å². The third-order valence-corrected chi connectivity index (χ3v) is 3.81. The van der Waals surface area contributed by atoms with E-state index >= 15 is 0 Å². The Labute approximate surface area is 119 Å². The molecule has 6 heteroatoms. The number of hydrogen-bond donors (Lipinski definition) is 1. The fourth-order valence-electron chi connectivity index (χ4n) is 2.37. The minimum absolute atomic E-state index is 0.0651. The molecule has 0 spiro atoms. The fourth-order valence-corrected chi connectivity index (χ4v) is 2.93. The van der Waals surface area contributed by atoms with Crippen molar-refractivity contribution in [3.05, 3.63) is 32.3 Å². The standard InChI is InChI=1S/C13H16BrNO4/c1-8-6-9(14)7-10(15(17)18)13(8)19-12-5-3-2-4-11(12)16/h6-7,11-12,16H,2-5H2,1H3/t11-,12-/m1/s1.